The molecule has 0 unspecified atom stereocenters. The molecular formula is C9H5Br2N3OS. The second-order valence-corrected chi connectivity index (χ2v) is 5.53. The molecular weight excluding hydrogens is 358 g/mol. The average Bonchev–Trinajstić information content (AvgIpc) is 2.22. The lowest BCUT2D eigenvalue weighted by atomic mass is 10.5. The maximum absolute atomic E-state index is 11.1. The fourth-order valence-electron chi connectivity index (χ4n) is 0.973. The van der Waals surface area contributed by atoms with E-state index in [-0.39, 0.29) is 5.56 Å². The first-order valence-electron chi connectivity index (χ1n) is 4.19. The van der Waals surface area contributed by atoms with Crippen molar-refractivity contribution in [2.24, 2.45) is 0 Å². The van der Waals surface area contributed by atoms with E-state index in [9.17, 15) is 4.79 Å². The summed E-state index contributed by atoms with van der Waals surface area (Å²) in [4.78, 5) is 21.9. The highest BCUT2D eigenvalue weighted by Crippen LogP contribution is 2.30. The zero-order valence-electron chi connectivity index (χ0n) is 7.78. The fourth-order valence-corrected chi connectivity index (χ4v) is 2.91. The van der Waals surface area contributed by atoms with Gasteiger partial charge in [-0.15, -0.1) is 0 Å². The standard InChI is InChI=1S/C9H5Br2N3OS/c10-5-3-6(11)8(13-4-5)16-9-12-2-1-7(15)14-9/h1-4H,(H,12,14,15). The molecule has 2 aromatic rings. The van der Waals surface area contributed by atoms with Gasteiger partial charge in [-0.2, -0.15) is 0 Å². The van der Waals surface area contributed by atoms with Crippen LogP contribution in [-0.4, -0.2) is 15.0 Å². The fraction of sp³-hybridized carbons (Fsp3) is 0. The summed E-state index contributed by atoms with van der Waals surface area (Å²) in [5.74, 6) is 0. The highest BCUT2D eigenvalue weighted by atomic mass is 79.9. The van der Waals surface area contributed by atoms with Crippen LogP contribution in [0.3, 0.4) is 0 Å². The number of halogens is 2. The van der Waals surface area contributed by atoms with Gasteiger partial charge in [-0.3, -0.25) is 4.79 Å². The smallest absolute Gasteiger partial charge is 0.251 e. The number of aromatic amines is 1. The first-order chi connectivity index (χ1) is 7.65. The van der Waals surface area contributed by atoms with Gasteiger partial charge in [0.2, 0.25) is 0 Å². The van der Waals surface area contributed by atoms with Crippen LogP contribution in [0, 0.1) is 0 Å². The molecule has 0 fully saturated rings. The Morgan fingerprint density at radius 3 is 2.81 bits per heavy atom. The molecule has 0 amide bonds. The third-order valence-electron chi connectivity index (χ3n) is 1.62. The number of hydrogen-bond acceptors (Lipinski definition) is 4. The summed E-state index contributed by atoms with van der Waals surface area (Å²) < 4.78 is 1.73. The molecule has 2 rings (SSSR count). The topological polar surface area (TPSA) is 58.6 Å². The Morgan fingerprint density at radius 2 is 2.12 bits per heavy atom. The predicted molar refractivity (Wildman–Crippen MR) is 68.6 cm³/mol. The monoisotopic (exact) mass is 361 g/mol. The minimum atomic E-state index is -0.175. The normalized spacial score (nSPS) is 10.4. The van der Waals surface area contributed by atoms with Crippen LogP contribution in [0.15, 0.2) is 48.4 Å². The summed E-state index contributed by atoms with van der Waals surface area (Å²) in [6, 6.07) is 3.25. The van der Waals surface area contributed by atoms with Crippen LogP contribution in [0.25, 0.3) is 0 Å². The van der Waals surface area contributed by atoms with Crippen molar-refractivity contribution in [1.82, 2.24) is 15.0 Å². The minimum absolute atomic E-state index is 0.175. The summed E-state index contributed by atoms with van der Waals surface area (Å²) >= 11 is 8.00. The van der Waals surface area contributed by atoms with Gasteiger partial charge >= 0.3 is 0 Å². The molecule has 2 aromatic heterocycles. The molecule has 82 valence electrons. The van der Waals surface area contributed by atoms with E-state index in [0.717, 1.165) is 14.0 Å². The molecule has 7 heteroatoms. The Kier molecular flexibility index (Phi) is 3.78. The lowest BCUT2D eigenvalue weighted by Gasteiger charge is -2.02. The first-order valence-corrected chi connectivity index (χ1v) is 6.59. The number of pyridine rings is 1. The van der Waals surface area contributed by atoms with E-state index in [1.54, 1.807) is 6.20 Å². The van der Waals surface area contributed by atoms with Crippen molar-refractivity contribution >= 4 is 43.6 Å². The Hall–Kier alpha value is -0.660. The number of H-pyrrole nitrogens is 1. The summed E-state index contributed by atoms with van der Waals surface area (Å²) in [6.45, 7) is 0. The maximum Gasteiger partial charge on any atom is 0.251 e. The highest BCUT2D eigenvalue weighted by molar-refractivity contribution is 9.11. The van der Waals surface area contributed by atoms with Gasteiger partial charge in [-0.1, -0.05) is 0 Å². The number of aromatic nitrogens is 3. The Balaban J connectivity index is 2.30. The van der Waals surface area contributed by atoms with Crippen molar-refractivity contribution < 1.29 is 0 Å². The third kappa shape index (κ3) is 2.93. The zero-order valence-corrected chi connectivity index (χ0v) is 11.8. The number of rotatable bonds is 2. The Bertz CT molecular complexity index is 573. The van der Waals surface area contributed by atoms with Gasteiger partial charge in [-0.25, -0.2) is 9.97 Å². The van der Waals surface area contributed by atoms with E-state index >= 15 is 0 Å². The van der Waals surface area contributed by atoms with Gasteiger partial charge in [0.1, 0.15) is 5.03 Å². The predicted octanol–water partition coefficient (Wildman–Crippen LogP) is 2.84. The molecule has 0 bridgehead atoms. The summed E-state index contributed by atoms with van der Waals surface area (Å²) in [7, 11) is 0. The van der Waals surface area contributed by atoms with Crippen LogP contribution >= 0.6 is 43.6 Å². The van der Waals surface area contributed by atoms with Crippen LogP contribution < -0.4 is 5.56 Å². The molecule has 0 saturated heterocycles. The molecule has 1 N–H and O–H groups in total. The molecule has 16 heavy (non-hydrogen) atoms. The Morgan fingerprint density at radius 1 is 1.31 bits per heavy atom. The first kappa shape index (κ1) is 11.8. The van der Waals surface area contributed by atoms with Crippen LogP contribution in [0.4, 0.5) is 0 Å². The number of nitrogens with zero attached hydrogens (tertiary/aromatic N) is 2. The number of nitrogens with one attached hydrogen (secondary N) is 1. The van der Waals surface area contributed by atoms with Gasteiger partial charge in [0.15, 0.2) is 5.16 Å². The van der Waals surface area contributed by atoms with Gasteiger partial charge in [0.25, 0.3) is 5.56 Å². The molecule has 0 aliphatic carbocycles. The van der Waals surface area contributed by atoms with Crippen molar-refractivity contribution in [3.8, 4) is 0 Å². The van der Waals surface area contributed by atoms with Gasteiger partial charge in [-0.05, 0) is 49.7 Å². The second-order valence-electron chi connectivity index (χ2n) is 2.78. The lowest BCUT2D eigenvalue weighted by molar-refractivity contribution is 0.930. The molecule has 0 radical (unpaired) electrons. The molecule has 0 atom stereocenters. The summed E-state index contributed by atoms with van der Waals surface area (Å²) in [6.07, 6.45) is 3.15. The SMILES string of the molecule is O=c1ccnc(Sc2ncc(Br)cc2Br)[nH]1. The lowest BCUT2D eigenvalue weighted by Crippen LogP contribution is -2.05. The van der Waals surface area contributed by atoms with Crippen LogP contribution in [0.2, 0.25) is 0 Å². The summed E-state index contributed by atoms with van der Waals surface area (Å²) in [5, 5.41) is 1.26. The second kappa shape index (κ2) is 5.11. The molecule has 0 aromatic carbocycles. The number of hydrogen-bond donors (Lipinski definition) is 1. The molecule has 0 saturated carbocycles. The van der Waals surface area contributed by atoms with E-state index in [1.165, 1.54) is 24.0 Å². The van der Waals surface area contributed by atoms with E-state index in [1.807, 2.05) is 6.07 Å². The third-order valence-corrected chi connectivity index (χ3v) is 3.84. The summed E-state index contributed by atoms with van der Waals surface area (Å²) in [5.41, 5.74) is -0.175. The van der Waals surface area contributed by atoms with Crippen molar-refractivity contribution in [3.63, 3.8) is 0 Å². The molecule has 2 heterocycles. The quantitative estimate of drug-likeness (QED) is 0.834. The van der Waals surface area contributed by atoms with Gasteiger partial charge < -0.3 is 4.98 Å². The van der Waals surface area contributed by atoms with Gasteiger partial charge in [0, 0.05) is 22.9 Å². The van der Waals surface area contributed by atoms with Gasteiger partial charge in [0.05, 0.1) is 4.47 Å². The largest absolute Gasteiger partial charge is 0.301 e. The molecule has 0 aliphatic rings. The average molecular weight is 363 g/mol. The Labute approximate surface area is 112 Å². The van der Waals surface area contributed by atoms with Crippen LogP contribution in [-0.2, 0) is 0 Å². The van der Waals surface area contributed by atoms with Crippen molar-refractivity contribution in [1.29, 1.82) is 0 Å². The highest BCUT2D eigenvalue weighted by Gasteiger charge is 2.06. The van der Waals surface area contributed by atoms with E-state index in [4.69, 9.17) is 0 Å². The molecule has 0 spiro atoms. The van der Waals surface area contributed by atoms with E-state index < -0.39 is 0 Å². The zero-order chi connectivity index (χ0) is 11.5. The minimum Gasteiger partial charge on any atom is -0.301 e. The van der Waals surface area contributed by atoms with E-state index in [2.05, 4.69) is 46.8 Å². The molecule has 0 aliphatic heterocycles. The van der Waals surface area contributed by atoms with E-state index in [0.29, 0.717) is 5.16 Å². The maximum atomic E-state index is 11.1. The molecule has 4 nitrogen and oxygen atoms in total. The van der Waals surface area contributed by atoms with Crippen LogP contribution in [0.5, 0.6) is 0 Å². The van der Waals surface area contributed by atoms with Crippen molar-refractivity contribution in [2.45, 2.75) is 10.2 Å². The van der Waals surface area contributed by atoms with Crippen LogP contribution in [0.1, 0.15) is 0 Å². The van der Waals surface area contributed by atoms with Crippen molar-refractivity contribution in [2.75, 3.05) is 0 Å². The van der Waals surface area contributed by atoms with Crippen molar-refractivity contribution in [3.05, 3.63) is 43.8 Å².